The van der Waals surface area contributed by atoms with E-state index in [1.54, 1.807) is 0 Å². The van der Waals surface area contributed by atoms with Crippen LogP contribution >= 0.6 is 45.2 Å². The third-order valence-electron chi connectivity index (χ3n) is 2.41. The van der Waals surface area contributed by atoms with Crippen molar-refractivity contribution in [2.45, 2.75) is 0 Å². The first-order valence-electron chi connectivity index (χ1n) is 5.22. The van der Waals surface area contributed by atoms with E-state index in [9.17, 15) is 9.18 Å². The average molecular weight is 483 g/mol. The number of carboxylic acid groups (broad SMARTS) is 1. The smallest absolute Gasteiger partial charge is 0.337 e. The van der Waals surface area contributed by atoms with Crippen LogP contribution in [0.1, 0.15) is 10.4 Å². The second-order valence-electron chi connectivity index (χ2n) is 3.74. The molecule has 0 saturated carbocycles. The number of anilines is 2. The van der Waals surface area contributed by atoms with Gasteiger partial charge in [-0.2, -0.15) is 0 Å². The average Bonchev–Trinajstić information content (AvgIpc) is 2.32. The largest absolute Gasteiger partial charge is 0.478 e. The van der Waals surface area contributed by atoms with Crippen molar-refractivity contribution in [3.63, 3.8) is 0 Å². The van der Waals surface area contributed by atoms with Gasteiger partial charge in [0, 0.05) is 7.14 Å². The molecule has 2 aromatic carbocycles. The Kier molecular flexibility index (Phi) is 4.61. The van der Waals surface area contributed by atoms with Crippen molar-refractivity contribution in [3.8, 4) is 0 Å². The molecule has 0 atom stereocenters. The van der Waals surface area contributed by atoms with Crippen LogP contribution in [0, 0.1) is 13.0 Å². The Balaban J connectivity index is 2.42. The first kappa shape index (κ1) is 14.5. The van der Waals surface area contributed by atoms with E-state index in [4.69, 9.17) is 5.11 Å². The third-order valence-corrected chi connectivity index (χ3v) is 3.98. The molecule has 0 aliphatic carbocycles. The molecule has 0 radical (unpaired) electrons. The zero-order valence-electron chi connectivity index (χ0n) is 9.45. The van der Waals surface area contributed by atoms with Crippen molar-refractivity contribution in [1.29, 1.82) is 0 Å². The number of nitrogens with one attached hydrogen (secondary N) is 1. The summed E-state index contributed by atoms with van der Waals surface area (Å²) in [5.41, 5.74) is 1.02. The molecule has 0 aliphatic heterocycles. The van der Waals surface area contributed by atoms with Crippen LogP contribution in [0.3, 0.4) is 0 Å². The van der Waals surface area contributed by atoms with Gasteiger partial charge < -0.3 is 10.4 Å². The molecular formula is C13H8FI2NO2. The summed E-state index contributed by atoms with van der Waals surface area (Å²) in [6, 6.07) is 9.23. The van der Waals surface area contributed by atoms with E-state index >= 15 is 0 Å². The summed E-state index contributed by atoms with van der Waals surface area (Å²) >= 11 is 4.33. The number of hydrogen-bond acceptors (Lipinski definition) is 2. The molecule has 0 heterocycles. The van der Waals surface area contributed by atoms with E-state index in [0.29, 0.717) is 0 Å². The van der Waals surface area contributed by atoms with Crippen molar-refractivity contribution >= 4 is 62.5 Å². The number of rotatable bonds is 3. The summed E-state index contributed by atoms with van der Waals surface area (Å²) in [7, 11) is 0. The van der Waals surface area contributed by atoms with Crippen LogP contribution in [-0.4, -0.2) is 11.1 Å². The van der Waals surface area contributed by atoms with Gasteiger partial charge in [-0.15, -0.1) is 0 Å². The van der Waals surface area contributed by atoms with Gasteiger partial charge in [0.2, 0.25) is 0 Å². The van der Waals surface area contributed by atoms with Crippen LogP contribution in [-0.2, 0) is 0 Å². The van der Waals surface area contributed by atoms with Gasteiger partial charge in [0.25, 0.3) is 0 Å². The van der Waals surface area contributed by atoms with Crippen LogP contribution < -0.4 is 5.32 Å². The third kappa shape index (κ3) is 3.56. The monoisotopic (exact) mass is 483 g/mol. The summed E-state index contributed by atoms with van der Waals surface area (Å²) in [5.74, 6) is -1.57. The second kappa shape index (κ2) is 6.04. The van der Waals surface area contributed by atoms with Crippen molar-refractivity contribution < 1.29 is 14.3 Å². The fourth-order valence-electron chi connectivity index (χ4n) is 1.54. The Labute approximate surface area is 136 Å². The standard InChI is InChI=1S/C13H8FI2NO2/c14-7-1-3-9(13(18)19)12(5-7)17-11-4-2-8(15)6-10(11)16/h1-6,17H,(H,18,19). The molecular weight excluding hydrogens is 475 g/mol. The lowest BCUT2D eigenvalue weighted by molar-refractivity contribution is 0.0698. The number of hydrogen-bond donors (Lipinski definition) is 2. The highest BCUT2D eigenvalue weighted by Gasteiger charge is 2.12. The van der Waals surface area contributed by atoms with E-state index in [-0.39, 0.29) is 11.3 Å². The lowest BCUT2D eigenvalue weighted by Gasteiger charge is -2.11. The minimum Gasteiger partial charge on any atom is -0.478 e. The minimum atomic E-state index is -1.09. The Bertz CT molecular complexity index is 647. The molecule has 3 nitrogen and oxygen atoms in total. The number of benzene rings is 2. The fraction of sp³-hybridized carbons (Fsp3) is 0. The zero-order chi connectivity index (χ0) is 14.0. The van der Waals surface area contributed by atoms with Gasteiger partial charge in [-0.05, 0) is 81.6 Å². The highest BCUT2D eigenvalue weighted by atomic mass is 127. The number of carbonyl (C=O) groups is 1. The molecule has 98 valence electrons. The Hall–Kier alpha value is -0.900. The molecule has 0 amide bonds. The lowest BCUT2D eigenvalue weighted by atomic mass is 10.1. The topological polar surface area (TPSA) is 49.3 Å². The summed E-state index contributed by atoms with van der Waals surface area (Å²) in [6.45, 7) is 0. The maximum absolute atomic E-state index is 13.2. The van der Waals surface area contributed by atoms with E-state index in [1.807, 2.05) is 18.2 Å². The first-order valence-corrected chi connectivity index (χ1v) is 7.38. The molecule has 6 heteroatoms. The Morgan fingerprint density at radius 1 is 1.11 bits per heavy atom. The SMILES string of the molecule is O=C(O)c1ccc(F)cc1Nc1ccc(I)cc1I. The van der Waals surface area contributed by atoms with Gasteiger partial charge in [-0.1, -0.05) is 0 Å². The number of carboxylic acids is 1. The van der Waals surface area contributed by atoms with Gasteiger partial charge in [0.15, 0.2) is 0 Å². The molecule has 2 aromatic rings. The molecule has 0 fully saturated rings. The Morgan fingerprint density at radius 2 is 1.84 bits per heavy atom. The van der Waals surface area contributed by atoms with Gasteiger partial charge in [-0.3, -0.25) is 0 Å². The molecule has 0 aromatic heterocycles. The summed E-state index contributed by atoms with van der Waals surface area (Å²) < 4.78 is 15.3. The van der Waals surface area contributed by atoms with Crippen LogP contribution in [0.4, 0.5) is 15.8 Å². The summed E-state index contributed by atoms with van der Waals surface area (Å²) in [4.78, 5) is 11.1. The minimum absolute atomic E-state index is 0.0377. The highest BCUT2D eigenvalue weighted by Crippen LogP contribution is 2.27. The van der Waals surface area contributed by atoms with Crippen LogP contribution in [0.5, 0.6) is 0 Å². The van der Waals surface area contributed by atoms with Crippen molar-refractivity contribution in [3.05, 3.63) is 54.9 Å². The van der Waals surface area contributed by atoms with E-state index in [2.05, 4.69) is 50.5 Å². The summed E-state index contributed by atoms with van der Waals surface area (Å²) in [5, 5.41) is 12.0. The second-order valence-corrected chi connectivity index (χ2v) is 6.15. The fourth-order valence-corrected chi connectivity index (χ4v) is 3.28. The highest BCUT2D eigenvalue weighted by molar-refractivity contribution is 14.1. The van der Waals surface area contributed by atoms with Crippen LogP contribution in [0.2, 0.25) is 0 Å². The van der Waals surface area contributed by atoms with Crippen LogP contribution in [0.25, 0.3) is 0 Å². The molecule has 2 rings (SSSR count). The van der Waals surface area contributed by atoms with E-state index < -0.39 is 11.8 Å². The van der Waals surface area contributed by atoms with Gasteiger partial charge in [0.1, 0.15) is 5.82 Å². The van der Waals surface area contributed by atoms with E-state index in [0.717, 1.165) is 18.9 Å². The molecule has 0 bridgehead atoms. The molecule has 0 spiro atoms. The normalized spacial score (nSPS) is 10.3. The van der Waals surface area contributed by atoms with Crippen molar-refractivity contribution in [2.75, 3.05) is 5.32 Å². The van der Waals surface area contributed by atoms with Gasteiger partial charge >= 0.3 is 5.97 Å². The molecule has 0 saturated heterocycles. The number of halogens is 3. The number of aromatic carboxylic acids is 1. The van der Waals surface area contributed by atoms with Gasteiger partial charge in [0.05, 0.1) is 16.9 Å². The zero-order valence-corrected chi connectivity index (χ0v) is 13.8. The maximum atomic E-state index is 13.2. The Morgan fingerprint density at radius 3 is 2.47 bits per heavy atom. The molecule has 0 unspecified atom stereocenters. The van der Waals surface area contributed by atoms with Crippen molar-refractivity contribution in [1.82, 2.24) is 0 Å². The molecule has 2 N–H and O–H groups in total. The van der Waals surface area contributed by atoms with Crippen molar-refractivity contribution in [2.24, 2.45) is 0 Å². The quantitative estimate of drug-likeness (QED) is 0.634. The molecule has 19 heavy (non-hydrogen) atoms. The molecule has 0 aliphatic rings. The summed E-state index contributed by atoms with van der Waals surface area (Å²) in [6.07, 6.45) is 0. The predicted molar refractivity (Wildman–Crippen MR) is 88.5 cm³/mol. The van der Waals surface area contributed by atoms with E-state index in [1.165, 1.54) is 12.1 Å². The van der Waals surface area contributed by atoms with Crippen LogP contribution in [0.15, 0.2) is 36.4 Å². The lowest BCUT2D eigenvalue weighted by Crippen LogP contribution is -2.04. The first-order chi connectivity index (χ1) is 8.97. The predicted octanol–water partition coefficient (Wildman–Crippen LogP) is 4.48. The maximum Gasteiger partial charge on any atom is 0.337 e. The van der Waals surface area contributed by atoms with Gasteiger partial charge in [-0.25, -0.2) is 9.18 Å².